The highest BCUT2D eigenvalue weighted by Gasteiger charge is 2.26. The third-order valence-electron chi connectivity index (χ3n) is 3.26. The summed E-state index contributed by atoms with van der Waals surface area (Å²) in [7, 11) is 0. The van der Waals surface area contributed by atoms with E-state index in [9.17, 15) is 9.59 Å². The van der Waals surface area contributed by atoms with Crippen LogP contribution in [-0.4, -0.2) is 53.3 Å². The number of hydrogen-bond donors (Lipinski definition) is 2. The first kappa shape index (κ1) is 17.3. The molecule has 3 amide bonds. The third-order valence-corrected chi connectivity index (χ3v) is 3.26. The minimum absolute atomic E-state index is 0.0273. The second-order valence-corrected chi connectivity index (χ2v) is 6.63. The number of rotatable bonds is 5. The molecule has 0 saturated carbocycles. The van der Waals surface area contributed by atoms with Gasteiger partial charge in [-0.2, -0.15) is 0 Å². The molecule has 1 aliphatic heterocycles. The average molecular weight is 324 g/mol. The number of nitrogens with one attached hydrogen (secondary N) is 2. The van der Waals surface area contributed by atoms with Gasteiger partial charge in [0.15, 0.2) is 5.82 Å². The maximum Gasteiger partial charge on any atom is 0.318 e. The molecule has 1 aromatic heterocycles. The Kier molecular flexibility index (Phi) is 5.59. The highest BCUT2D eigenvalue weighted by Crippen LogP contribution is 2.14. The zero-order valence-electron chi connectivity index (χ0n) is 13.8. The van der Waals surface area contributed by atoms with E-state index in [2.05, 4.69) is 20.3 Å². The van der Waals surface area contributed by atoms with Gasteiger partial charge in [-0.05, 0) is 33.6 Å². The monoisotopic (exact) mass is 324 g/mol. The van der Waals surface area contributed by atoms with Crippen molar-refractivity contribution in [2.24, 2.45) is 0 Å². The summed E-state index contributed by atoms with van der Waals surface area (Å²) in [6.07, 6.45) is 3.21. The summed E-state index contributed by atoms with van der Waals surface area (Å²) in [5.41, 5.74) is -0.380. The lowest BCUT2D eigenvalue weighted by Gasteiger charge is -2.29. The summed E-state index contributed by atoms with van der Waals surface area (Å²) in [4.78, 5) is 26.0. The molecule has 1 saturated heterocycles. The van der Waals surface area contributed by atoms with Crippen molar-refractivity contribution in [2.45, 2.75) is 45.3 Å². The lowest BCUT2D eigenvalue weighted by molar-refractivity contribution is -0.117. The molecule has 0 aliphatic carbocycles. The zero-order chi connectivity index (χ0) is 16.9. The van der Waals surface area contributed by atoms with E-state index in [-0.39, 0.29) is 30.1 Å². The Labute approximate surface area is 135 Å². The number of urea groups is 1. The van der Waals surface area contributed by atoms with E-state index in [0.717, 1.165) is 12.8 Å². The van der Waals surface area contributed by atoms with E-state index >= 15 is 0 Å². The van der Waals surface area contributed by atoms with Gasteiger partial charge in [-0.25, -0.2) is 4.79 Å². The molecule has 8 heteroatoms. The number of hydrogen-bond acceptors (Lipinski definition) is 5. The van der Waals surface area contributed by atoms with Crippen molar-refractivity contribution in [3.05, 3.63) is 12.3 Å². The van der Waals surface area contributed by atoms with Crippen LogP contribution in [0.25, 0.3) is 0 Å². The Morgan fingerprint density at radius 3 is 2.78 bits per heavy atom. The number of ether oxygens (including phenoxy) is 1. The lowest BCUT2D eigenvalue weighted by atomic mass is 10.1. The van der Waals surface area contributed by atoms with Gasteiger partial charge in [0.2, 0.25) is 5.91 Å². The van der Waals surface area contributed by atoms with Crippen molar-refractivity contribution >= 4 is 17.8 Å². The van der Waals surface area contributed by atoms with Crippen molar-refractivity contribution in [3.63, 3.8) is 0 Å². The van der Waals surface area contributed by atoms with Gasteiger partial charge in [0, 0.05) is 24.8 Å². The van der Waals surface area contributed by atoms with Crippen LogP contribution < -0.4 is 10.6 Å². The zero-order valence-corrected chi connectivity index (χ0v) is 13.8. The van der Waals surface area contributed by atoms with Gasteiger partial charge in [-0.3, -0.25) is 4.79 Å². The Bertz CT molecular complexity index is 518. The molecule has 1 aromatic rings. The Balaban J connectivity index is 1.96. The van der Waals surface area contributed by atoms with Gasteiger partial charge in [0.05, 0.1) is 6.10 Å². The number of anilines is 1. The molecule has 8 nitrogen and oxygen atoms in total. The molecule has 2 heterocycles. The van der Waals surface area contributed by atoms with Crippen LogP contribution in [0.15, 0.2) is 16.9 Å². The largest absolute Gasteiger partial charge is 0.376 e. The first-order chi connectivity index (χ1) is 10.8. The van der Waals surface area contributed by atoms with Crippen LogP contribution in [0, 0.1) is 0 Å². The van der Waals surface area contributed by atoms with E-state index in [1.54, 1.807) is 0 Å². The molecule has 2 rings (SSSR count). The molecule has 1 atom stereocenters. The van der Waals surface area contributed by atoms with Gasteiger partial charge < -0.3 is 24.8 Å². The van der Waals surface area contributed by atoms with Crippen LogP contribution in [0.1, 0.15) is 33.6 Å². The van der Waals surface area contributed by atoms with Gasteiger partial charge >= 0.3 is 6.03 Å². The molecule has 23 heavy (non-hydrogen) atoms. The van der Waals surface area contributed by atoms with E-state index in [4.69, 9.17) is 4.74 Å². The van der Waals surface area contributed by atoms with Crippen LogP contribution in [-0.2, 0) is 9.53 Å². The van der Waals surface area contributed by atoms with Crippen LogP contribution in [0.4, 0.5) is 10.6 Å². The van der Waals surface area contributed by atoms with E-state index < -0.39 is 0 Å². The molecule has 128 valence electrons. The Morgan fingerprint density at radius 1 is 1.43 bits per heavy atom. The highest BCUT2D eigenvalue weighted by atomic mass is 16.5. The van der Waals surface area contributed by atoms with Crippen LogP contribution in [0.5, 0.6) is 0 Å². The summed E-state index contributed by atoms with van der Waals surface area (Å²) < 4.78 is 10.2. The summed E-state index contributed by atoms with van der Waals surface area (Å²) in [5, 5.41) is 9.08. The van der Waals surface area contributed by atoms with Gasteiger partial charge in [-0.15, -0.1) is 0 Å². The fourth-order valence-electron chi connectivity index (χ4n) is 2.29. The molecular weight excluding hydrogens is 300 g/mol. The second kappa shape index (κ2) is 7.45. The molecule has 1 unspecified atom stereocenters. The Hall–Kier alpha value is -2.09. The van der Waals surface area contributed by atoms with Crippen molar-refractivity contribution in [3.8, 4) is 0 Å². The molecule has 1 aliphatic rings. The quantitative estimate of drug-likeness (QED) is 0.857. The highest BCUT2D eigenvalue weighted by molar-refractivity contribution is 5.93. The van der Waals surface area contributed by atoms with Crippen LogP contribution >= 0.6 is 0 Å². The predicted molar refractivity (Wildman–Crippen MR) is 84.0 cm³/mol. The third kappa shape index (κ3) is 5.90. The topological polar surface area (TPSA) is 96.7 Å². The number of nitrogens with zero attached hydrogens (tertiary/aromatic N) is 2. The summed E-state index contributed by atoms with van der Waals surface area (Å²) in [6.45, 7) is 6.69. The maximum atomic E-state index is 12.4. The number of aromatic nitrogens is 1. The SMILES string of the molecule is CC(C)(C)NC(=O)N(CC(=O)Nc1ccon1)CC1CCCO1. The fourth-order valence-corrected chi connectivity index (χ4v) is 2.29. The summed E-state index contributed by atoms with van der Waals surface area (Å²) in [6, 6.07) is 1.25. The van der Waals surface area contributed by atoms with E-state index in [1.807, 2.05) is 20.8 Å². The smallest absolute Gasteiger partial charge is 0.318 e. The molecule has 0 bridgehead atoms. The minimum atomic E-state index is -0.380. The second-order valence-electron chi connectivity index (χ2n) is 6.63. The van der Waals surface area contributed by atoms with Gasteiger partial charge in [-0.1, -0.05) is 5.16 Å². The predicted octanol–water partition coefficient (Wildman–Crippen LogP) is 1.60. The van der Waals surface area contributed by atoms with Crippen molar-refractivity contribution in [1.29, 1.82) is 0 Å². The van der Waals surface area contributed by atoms with Gasteiger partial charge in [0.25, 0.3) is 0 Å². The number of amides is 3. The first-order valence-corrected chi connectivity index (χ1v) is 7.72. The van der Waals surface area contributed by atoms with E-state index in [1.165, 1.54) is 17.2 Å². The molecule has 0 radical (unpaired) electrons. The summed E-state index contributed by atoms with van der Waals surface area (Å²) in [5.74, 6) is -0.00995. The fraction of sp³-hybridized carbons (Fsp3) is 0.667. The lowest BCUT2D eigenvalue weighted by Crippen LogP contribution is -2.52. The van der Waals surface area contributed by atoms with Crippen molar-refractivity contribution < 1.29 is 18.8 Å². The molecule has 1 fully saturated rings. The number of carbonyl (C=O) groups is 2. The average Bonchev–Trinajstić information content (AvgIpc) is 3.09. The van der Waals surface area contributed by atoms with Crippen LogP contribution in [0.2, 0.25) is 0 Å². The van der Waals surface area contributed by atoms with Gasteiger partial charge in [0.1, 0.15) is 12.8 Å². The molecule has 0 aromatic carbocycles. The maximum absolute atomic E-state index is 12.4. The van der Waals surface area contributed by atoms with Crippen molar-refractivity contribution in [2.75, 3.05) is 25.0 Å². The van der Waals surface area contributed by atoms with E-state index in [0.29, 0.717) is 19.0 Å². The first-order valence-electron chi connectivity index (χ1n) is 7.72. The Morgan fingerprint density at radius 2 is 2.22 bits per heavy atom. The normalized spacial score (nSPS) is 17.8. The standard InChI is InChI=1S/C15H24N4O4/c1-15(2,3)17-14(21)19(9-11-5-4-7-22-11)10-13(20)16-12-6-8-23-18-12/h6,8,11H,4-5,7,9-10H2,1-3H3,(H,17,21)(H,16,18,20). The minimum Gasteiger partial charge on any atom is -0.376 e. The number of carbonyl (C=O) groups excluding carboxylic acids is 2. The molecule has 0 spiro atoms. The summed E-state index contributed by atoms with van der Waals surface area (Å²) >= 11 is 0. The molecule has 2 N–H and O–H groups in total. The molecular formula is C15H24N4O4. The van der Waals surface area contributed by atoms with Crippen molar-refractivity contribution in [1.82, 2.24) is 15.4 Å². The van der Waals surface area contributed by atoms with Crippen LogP contribution in [0.3, 0.4) is 0 Å².